The number of fused-ring (bicyclic) bond motifs is 5. The van der Waals surface area contributed by atoms with Gasteiger partial charge in [-0.2, -0.15) is 47.4 Å². The molecule has 0 saturated heterocycles. The van der Waals surface area contributed by atoms with Crippen LogP contribution in [0.5, 0.6) is 17.4 Å². The summed E-state index contributed by atoms with van der Waals surface area (Å²) in [5, 5.41) is 55.1. The van der Waals surface area contributed by atoms with Gasteiger partial charge in [-0.15, -0.1) is 30.7 Å². The molecule has 5 aromatic carbocycles. The summed E-state index contributed by atoms with van der Waals surface area (Å²) < 4.78 is 179. The van der Waals surface area contributed by atoms with E-state index in [9.17, 15) is 80.3 Å². The summed E-state index contributed by atoms with van der Waals surface area (Å²) >= 11 is 0.588. The van der Waals surface area contributed by atoms with Gasteiger partial charge in [0.1, 0.15) is 54.6 Å². The predicted octanol–water partition coefficient (Wildman–Crippen LogP) is 8.04. The number of aromatic nitrogens is 3. The number of benzene rings is 5. The number of phenolic OH excluding ortho intramolecular Hbond substituents is 1. The van der Waals surface area contributed by atoms with Crippen molar-refractivity contribution in [3.63, 3.8) is 0 Å². The van der Waals surface area contributed by atoms with Crippen molar-refractivity contribution < 1.29 is 79.8 Å². The third-order valence-electron chi connectivity index (χ3n) is 10.6. The van der Waals surface area contributed by atoms with Gasteiger partial charge in [0.05, 0.1) is 38.7 Å². The highest BCUT2D eigenvalue weighted by molar-refractivity contribution is 7.87. The first-order chi connectivity index (χ1) is 34.5. The average molecular weight is 1130 g/mol. The molecule has 28 nitrogen and oxygen atoms in total. The lowest BCUT2D eigenvalue weighted by Gasteiger charge is -2.13. The van der Waals surface area contributed by atoms with Gasteiger partial charge in [-0.1, -0.05) is 23.5 Å². The van der Waals surface area contributed by atoms with Crippen molar-refractivity contribution in [2.75, 3.05) is 12.4 Å². The lowest BCUT2D eigenvalue weighted by atomic mass is 10.1. The molecule has 0 aliphatic heterocycles. The summed E-state index contributed by atoms with van der Waals surface area (Å²) in [6.07, 6.45) is -0.317. The number of nitriles is 1. The van der Waals surface area contributed by atoms with Crippen LogP contribution < -0.4 is 4.74 Å². The molecule has 3 aromatic heterocycles. The fourth-order valence-electron chi connectivity index (χ4n) is 7.29. The van der Waals surface area contributed by atoms with Gasteiger partial charge in [-0.05, 0) is 74.4 Å². The second kappa shape index (κ2) is 19.0. The van der Waals surface area contributed by atoms with E-state index in [1.165, 1.54) is 24.3 Å². The smallest absolute Gasteiger partial charge is 0.297 e. The number of phenols is 1. The summed E-state index contributed by atoms with van der Waals surface area (Å²) in [6, 6.07) is 14.7. The Morgan fingerprint density at radius 3 is 2.00 bits per heavy atom. The number of hydrogen-bond acceptors (Lipinski definition) is 23. The van der Waals surface area contributed by atoms with Gasteiger partial charge in [-0.3, -0.25) is 27.2 Å². The molecular weight excluding hydrogens is 1100 g/mol. The minimum Gasteiger partial charge on any atom is -0.505 e. The predicted molar refractivity (Wildman–Crippen MR) is 259 cm³/mol. The molecule has 384 valence electrons. The summed E-state index contributed by atoms with van der Waals surface area (Å²) in [7, 11) is -25.5. The molecule has 0 atom stereocenters. The van der Waals surface area contributed by atoms with Gasteiger partial charge in [0.25, 0.3) is 50.6 Å². The van der Waals surface area contributed by atoms with E-state index in [0.717, 1.165) is 24.3 Å². The zero-order chi connectivity index (χ0) is 54.0. The maximum atomic E-state index is 13.1. The van der Waals surface area contributed by atoms with E-state index in [1.807, 2.05) is 6.07 Å². The zero-order valence-electron chi connectivity index (χ0n) is 37.0. The second-order valence-corrected chi connectivity index (χ2v) is 23.6. The molecule has 8 aromatic rings. The highest BCUT2D eigenvalue weighted by Gasteiger charge is 2.29. The Kier molecular flexibility index (Phi) is 13.6. The molecule has 0 aliphatic carbocycles. The first-order valence-electron chi connectivity index (χ1n) is 20.1. The quantitative estimate of drug-likeness (QED) is 0.0290. The molecule has 74 heavy (non-hydrogen) atoms. The third-order valence-corrected chi connectivity index (χ3v) is 15.8. The van der Waals surface area contributed by atoms with Crippen LogP contribution in [0.3, 0.4) is 0 Å². The van der Waals surface area contributed by atoms with Gasteiger partial charge >= 0.3 is 0 Å². The van der Waals surface area contributed by atoms with Crippen molar-refractivity contribution in [3.8, 4) is 23.4 Å². The van der Waals surface area contributed by atoms with Crippen molar-refractivity contribution in [2.24, 2.45) is 30.7 Å². The number of para-hydroxylation sites is 2. The highest BCUT2D eigenvalue weighted by atomic mass is 32.2. The van der Waals surface area contributed by atoms with Crippen molar-refractivity contribution in [1.82, 2.24) is 14.4 Å². The Balaban J connectivity index is 1.22. The first kappa shape index (κ1) is 52.8. The maximum Gasteiger partial charge on any atom is 0.297 e. The largest absolute Gasteiger partial charge is 0.505 e. The Morgan fingerprint density at radius 1 is 0.689 bits per heavy atom. The first-order valence-corrected chi connectivity index (χ1v) is 28.3. The lowest BCUT2D eigenvalue weighted by molar-refractivity contribution is 0.317. The Labute approximate surface area is 420 Å². The van der Waals surface area contributed by atoms with E-state index >= 15 is 0 Å². The molecule has 0 radical (unpaired) electrons. The van der Waals surface area contributed by atoms with Crippen LogP contribution in [0.1, 0.15) is 23.1 Å². The molecule has 0 fully saturated rings. The van der Waals surface area contributed by atoms with Crippen LogP contribution >= 0.6 is 11.3 Å². The summed E-state index contributed by atoms with van der Waals surface area (Å²) in [4.78, 5) is 4.10. The van der Waals surface area contributed by atoms with E-state index in [-0.39, 0.29) is 61.4 Å². The molecule has 7 N–H and O–H groups in total. The monoisotopic (exact) mass is 1130 g/mol. The van der Waals surface area contributed by atoms with E-state index in [1.54, 1.807) is 24.3 Å². The summed E-state index contributed by atoms with van der Waals surface area (Å²) in [5.41, 5.74) is -1.83. The number of pyridine rings is 1. The number of aryl methyl sites for hydroxylation is 1. The van der Waals surface area contributed by atoms with Crippen LogP contribution in [0.15, 0.2) is 117 Å². The molecule has 0 unspecified atom stereocenters. The number of aromatic hydroxyl groups is 2. The van der Waals surface area contributed by atoms with Gasteiger partial charge in [0, 0.05) is 22.4 Å². The molecule has 34 heteroatoms. The number of thiazole rings is 1. The maximum absolute atomic E-state index is 13.1. The standard InChI is InChI=1S/C40H30N10O18S6/c1-18-12-27(29(68-10-5-11-70(53,54)55)16-26(18)45-49-40-43-34-30(69-40)13-20(71(56,57)58)14-31(34)72(59,60)61)46-48-35-32(73(62,63)64)15-22-21(36(35)51)8-9-25(37(22)74(65,66)67)44-47-33-19(2)23(17-41)38-42-24-6-3-4-7-28(24)50(38)39(33)52/h3-4,6-9,12-16,51-52H,5,10-11H2,1-2H3,(H,53,54,55)(H,56,57,58)(H,59,60,61)(H,62,63,64)(H,65,66,67). The van der Waals surface area contributed by atoms with Gasteiger partial charge in [0.2, 0.25) is 11.0 Å². The van der Waals surface area contributed by atoms with E-state index in [4.69, 9.17) is 4.74 Å². The molecule has 0 spiro atoms. The van der Waals surface area contributed by atoms with Crippen LogP contribution in [-0.4, -0.2) is 102 Å². The van der Waals surface area contributed by atoms with E-state index < -0.39 is 122 Å². The van der Waals surface area contributed by atoms with Crippen LogP contribution in [0.2, 0.25) is 0 Å². The highest BCUT2D eigenvalue weighted by Crippen LogP contribution is 2.47. The number of nitrogens with zero attached hydrogens (tertiary/aromatic N) is 10. The zero-order valence-corrected chi connectivity index (χ0v) is 41.9. The molecular formula is C40H30N10O18S6. The van der Waals surface area contributed by atoms with Crippen molar-refractivity contribution in [2.45, 2.75) is 39.9 Å². The average Bonchev–Trinajstić information content (AvgIpc) is 3.89. The van der Waals surface area contributed by atoms with Crippen molar-refractivity contribution >= 4 is 133 Å². The second-order valence-electron chi connectivity index (χ2n) is 15.5. The van der Waals surface area contributed by atoms with Gasteiger partial charge in [0.15, 0.2) is 17.1 Å². The Morgan fingerprint density at radius 2 is 1.35 bits per heavy atom. The fourth-order valence-corrected chi connectivity index (χ4v) is 11.5. The van der Waals surface area contributed by atoms with E-state index in [2.05, 4.69) is 40.7 Å². The summed E-state index contributed by atoms with van der Waals surface area (Å²) in [6.45, 7) is 2.38. The molecule has 0 bridgehead atoms. The van der Waals surface area contributed by atoms with Gasteiger partial charge < -0.3 is 14.9 Å². The number of hydrogen-bond donors (Lipinski definition) is 7. The van der Waals surface area contributed by atoms with Crippen LogP contribution in [0.25, 0.3) is 37.7 Å². The summed E-state index contributed by atoms with van der Waals surface area (Å²) in [5.74, 6) is -2.79. The molecule has 0 aliphatic rings. The fraction of sp³-hybridized carbons (Fsp3) is 0.125. The molecule has 8 rings (SSSR count). The Bertz CT molecular complexity index is 4480. The Hall–Kier alpha value is -7.56. The topological polar surface area (TPSA) is 450 Å². The van der Waals surface area contributed by atoms with Crippen molar-refractivity contribution in [3.05, 3.63) is 83.4 Å². The number of imidazole rings is 1. The van der Waals surface area contributed by atoms with E-state index in [0.29, 0.717) is 34.5 Å². The molecule has 0 amide bonds. The minimum atomic E-state index is -5.51. The molecule has 3 heterocycles. The van der Waals surface area contributed by atoms with Crippen LogP contribution in [0, 0.1) is 25.2 Å². The van der Waals surface area contributed by atoms with Gasteiger partial charge in [-0.25, -0.2) is 9.97 Å². The van der Waals surface area contributed by atoms with Crippen LogP contribution in [0.4, 0.5) is 33.6 Å². The SMILES string of the molecule is Cc1cc(N=Nc2c(S(=O)(=O)O)cc3c(S(=O)(=O)O)c(N=Nc4c(C)c(C#N)c5nc6ccccc6n5c4O)ccc3c2O)c(OCCCS(=O)(=O)O)cc1N=Nc1nc2c(S(=O)(=O)O)cc(S(=O)(=O)O)cc2s1. The van der Waals surface area contributed by atoms with Crippen molar-refractivity contribution in [1.29, 1.82) is 5.26 Å². The third kappa shape index (κ3) is 10.5. The minimum absolute atomic E-state index is 0.0389. The number of ether oxygens (including phenoxy) is 1. The lowest BCUT2D eigenvalue weighted by Crippen LogP contribution is -2.08. The molecule has 0 saturated carbocycles. The van der Waals surface area contributed by atoms with Crippen LogP contribution in [-0.2, 0) is 50.6 Å². The number of rotatable bonds is 15. The normalized spacial score (nSPS) is 13.2. The number of azo groups is 3.